The first-order valence-corrected chi connectivity index (χ1v) is 12.5. The molecule has 37 heavy (non-hydrogen) atoms. The third-order valence-corrected chi connectivity index (χ3v) is 7.41. The number of benzene rings is 3. The molecule has 0 radical (unpaired) electrons. The summed E-state index contributed by atoms with van der Waals surface area (Å²) >= 11 is 4.96. The van der Waals surface area contributed by atoms with Crippen molar-refractivity contribution >= 4 is 43.9 Å². The van der Waals surface area contributed by atoms with E-state index in [9.17, 15) is 26.3 Å². The van der Waals surface area contributed by atoms with Gasteiger partial charge in [-0.05, 0) is 40.2 Å². The summed E-state index contributed by atoms with van der Waals surface area (Å²) in [5.41, 5.74) is -0.415. The van der Waals surface area contributed by atoms with Gasteiger partial charge in [0.2, 0.25) is 0 Å². The second-order valence-electron chi connectivity index (χ2n) is 8.22. The van der Waals surface area contributed by atoms with Gasteiger partial charge in [-0.15, -0.1) is 11.3 Å². The molecule has 1 N–H and O–H groups in total. The van der Waals surface area contributed by atoms with Crippen molar-refractivity contribution in [2.45, 2.75) is 19.3 Å². The van der Waals surface area contributed by atoms with Crippen molar-refractivity contribution < 1.29 is 26.3 Å². The molecule has 0 unspecified atom stereocenters. The molecule has 0 spiro atoms. The van der Waals surface area contributed by atoms with Gasteiger partial charge in [0.05, 0.1) is 17.8 Å². The zero-order valence-corrected chi connectivity index (χ0v) is 21.1. The molecule has 0 bridgehead atoms. The number of halogens is 7. The van der Waals surface area contributed by atoms with Crippen LogP contribution in [0, 0.1) is 17.5 Å². The molecular weight excluding hydrogens is 580 g/mol. The van der Waals surface area contributed by atoms with Gasteiger partial charge in [-0.3, -0.25) is 4.68 Å². The Morgan fingerprint density at radius 3 is 2.35 bits per heavy atom. The molecule has 11 heteroatoms. The van der Waals surface area contributed by atoms with E-state index in [1.165, 1.54) is 12.1 Å². The van der Waals surface area contributed by atoms with Crippen molar-refractivity contribution in [2.24, 2.45) is 0 Å². The van der Waals surface area contributed by atoms with Crippen molar-refractivity contribution in [1.29, 1.82) is 0 Å². The van der Waals surface area contributed by atoms with Crippen LogP contribution in [0.5, 0.6) is 0 Å². The molecule has 0 aliphatic carbocycles. The summed E-state index contributed by atoms with van der Waals surface area (Å²) in [6.07, 6.45) is -4.69. The van der Waals surface area contributed by atoms with E-state index >= 15 is 0 Å². The molecule has 0 saturated carbocycles. The lowest BCUT2D eigenvalue weighted by Gasteiger charge is -2.12. The van der Waals surface area contributed by atoms with Crippen molar-refractivity contribution in [3.05, 3.63) is 104 Å². The van der Waals surface area contributed by atoms with E-state index in [-0.39, 0.29) is 16.6 Å². The smallest absolute Gasteiger partial charge is 0.380 e. The van der Waals surface area contributed by atoms with Gasteiger partial charge in [0.25, 0.3) is 0 Å². The summed E-state index contributed by atoms with van der Waals surface area (Å²) in [5.74, 6) is -3.41. The molecule has 5 aromatic rings. The molecule has 2 heterocycles. The number of hydrogen-bond donors (Lipinski definition) is 1. The van der Waals surface area contributed by atoms with E-state index in [4.69, 9.17) is 0 Å². The van der Waals surface area contributed by atoms with E-state index in [1.54, 1.807) is 35.6 Å². The minimum absolute atomic E-state index is 0.164. The highest BCUT2D eigenvalue weighted by atomic mass is 79.9. The van der Waals surface area contributed by atoms with E-state index in [0.29, 0.717) is 29.9 Å². The molecule has 0 fully saturated rings. The summed E-state index contributed by atoms with van der Waals surface area (Å²) in [7, 11) is 0. The molecular formula is C26H16BrF6N3S. The average molecular weight is 596 g/mol. The lowest BCUT2D eigenvalue weighted by atomic mass is 10.0. The van der Waals surface area contributed by atoms with Gasteiger partial charge < -0.3 is 5.32 Å². The monoisotopic (exact) mass is 595 g/mol. The van der Waals surface area contributed by atoms with Gasteiger partial charge in [-0.2, -0.15) is 18.3 Å². The first kappa shape index (κ1) is 25.3. The fraction of sp³-hybridized carbons (Fsp3) is 0.115. The van der Waals surface area contributed by atoms with Crippen LogP contribution in [0.4, 0.5) is 32.0 Å². The Morgan fingerprint density at radius 1 is 0.946 bits per heavy atom. The van der Waals surface area contributed by atoms with Crippen molar-refractivity contribution in [3.63, 3.8) is 0 Å². The Kier molecular flexibility index (Phi) is 6.76. The Labute approximate surface area is 219 Å². The van der Waals surface area contributed by atoms with Crippen LogP contribution in [0.2, 0.25) is 0 Å². The third-order valence-electron chi connectivity index (χ3n) is 5.71. The van der Waals surface area contributed by atoms with Gasteiger partial charge in [0.15, 0.2) is 0 Å². The Bertz CT molecular complexity index is 1580. The summed E-state index contributed by atoms with van der Waals surface area (Å²) in [4.78, 5) is 1.06. The summed E-state index contributed by atoms with van der Waals surface area (Å²) in [6, 6.07) is 13.6. The summed E-state index contributed by atoms with van der Waals surface area (Å²) in [6.45, 7) is -0.0237. The molecule has 0 amide bonds. The highest BCUT2D eigenvalue weighted by molar-refractivity contribution is 9.10. The number of nitrogens with zero attached hydrogens (tertiary/aromatic N) is 2. The van der Waals surface area contributed by atoms with Gasteiger partial charge in [0, 0.05) is 55.6 Å². The van der Waals surface area contributed by atoms with Crippen LogP contribution < -0.4 is 5.32 Å². The van der Waals surface area contributed by atoms with Gasteiger partial charge in [-0.1, -0.05) is 24.3 Å². The number of anilines is 1. The zero-order chi connectivity index (χ0) is 26.3. The Hall–Kier alpha value is -3.31. The molecule has 190 valence electrons. The first-order valence-electron chi connectivity index (χ1n) is 10.9. The quantitative estimate of drug-likeness (QED) is 0.199. The number of aromatic nitrogens is 2. The fourth-order valence-corrected chi connectivity index (χ4v) is 5.48. The molecule has 5 rings (SSSR count). The molecule has 3 aromatic carbocycles. The molecule has 0 saturated heterocycles. The van der Waals surface area contributed by atoms with E-state index in [1.807, 2.05) is 11.4 Å². The standard InChI is InChI=1S/C26H16BrF6N3S/c27-15-8-18(37-13-15)11-34-17-4-1-3-14(7-17)25-19-5-2-6-21(26(31,32)33)24(19)35-36(25)12-20-22(29)9-16(28)10-23(20)30/h1-10,13,34H,11-12H2. The van der Waals surface area contributed by atoms with E-state index in [2.05, 4.69) is 26.3 Å². The van der Waals surface area contributed by atoms with Crippen LogP contribution in [0.3, 0.4) is 0 Å². The molecule has 3 nitrogen and oxygen atoms in total. The second kappa shape index (κ2) is 9.86. The van der Waals surface area contributed by atoms with Crippen molar-refractivity contribution in [3.8, 4) is 11.3 Å². The minimum atomic E-state index is -4.69. The molecule has 2 aromatic heterocycles. The predicted molar refractivity (Wildman–Crippen MR) is 135 cm³/mol. The predicted octanol–water partition coefficient (Wildman–Crippen LogP) is 8.62. The first-order chi connectivity index (χ1) is 17.6. The topological polar surface area (TPSA) is 29.9 Å². The van der Waals surface area contributed by atoms with Crippen molar-refractivity contribution in [1.82, 2.24) is 9.78 Å². The molecule has 0 atom stereocenters. The summed E-state index contributed by atoms with van der Waals surface area (Å²) in [5, 5.41) is 9.51. The normalized spacial score (nSPS) is 11.9. The van der Waals surface area contributed by atoms with Gasteiger partial charge in [-0.25, -0.2) is 13.2 Å². The van der Waals surface area contributed by atoms with Crippen LogP contribution in [-0.2, 0) is 19.3 Å². The zero-order valence-electron chi connectivity index (χ0n) is 18.7. The highest BCUT2D eigenvalue weighted by Crippen LogP contribution is 2.39. The highest BCUT2D eigenvalue weighted by Gasteiger charge is 2.34. The molecule has 0 aliphatic rings. The van der Waals surface area contributed by atoms with Crippen LogP contribution >= 0.6 is 27.3 Å². The maximum absolute atomic E-state index is 14.5. The maximum Gasteiger partial charge on any atom is 0.418 e. The van der Waals surface area contributed by atoms with Crippen LogP contribution in [-0.4, -0.2) is 9.78 Å². The van der Waals surface area contributed by atoms with Gasteiger partial charge in [0.1, 0.15) is 23.0 Å². The third kappa shape index (κ3) is 5.24. The number of nitrogens with one attached hydrogen (secondary N) is 1. The average Bonchev–Trinajstić information content (AvgIpc) is 3.42. The Balaban J connectivity index is 1.63. The number of alkyl halides is 3. The molecule has 0 aliphatic heterocycles. The maximum atomic E-state index is 14.5. The lowest BCUT2D eigenvalue weighted by Crippen LogP contribution is -2.09. The summed E-state index contributed by atoms with van der Waals surface area (Å²) < 4.78 is 85.8. The SMILES string of the molecule is Fc1cc(F)c(Cn2nc3c(C(F)(F)F)cccc3c2-c2cccc(NCc3cc(Br)cs3)c2)c(F)c1. The van der Waals surface area contributed by atoms with E-state index in [0.717, 1.165) is 20.1 Å². The Morgan fingerprint density at radius 2 is 1.68 bits per heavy atom. The van der Waals surface area contributed by atoms with E-state index < -0.39 is 41.3 Å². The van der Waals surface area contributed by atoms with Crippen molar-refractivity contribution in [2.75, 3.05) is 5.32 Å². The lowest BCUT2D eigenvalue weighted by molar-refractivity contribution is -0.136. The largest absolute Gasteiger partial charge is 0.418 e. The number of rotatable bonds is 6. The van der Waals surface area contributed by atoms with Crippen LogP contribution in [0.15, 0.2) is 70.5 Å². The second-order valence-corrected chi connectivity index (χ2v) is 10.1. The minimum Gasteiger partial charge on any atom is -0.380 e. The van der Waals surface area contributed by atoms with Crippen LogP contribution in [0.1, 0.15) is 16.0 Å². The number of thiophene rings is 1. The van der Waals surface area contributed by atoms with Gasteiger partial charge >= 0.3 is 6.18 Å². The number of hydrogen-bond acceptors (Lipinski definition) is 3. The number of fused-ring (bicyclic) bond motifs is 1. The fourth-order valence-electron chi connectivity index (χ4n) is 4.08. The van der Waals surface area contributed by atoms with Crippen LogP contribution in [0.25, 0.3) is 22.2 Å².